The van der Waals surface area contributed by atoms with Crippen molar-refractivity contribution in [2.45, 2.75) is 5.75 Å². The van der Waals surface area contributed by atoms with Crippen LogP contribution in [0.5, 0.6) is 0 Å². The van der Waals surface area contributed by atoms with Gasteiger partial charge in [-0.1, -0.05) is 0 Å². The maximum atomic E-state index is 10.2. The number of H-pyrrole nitrogens is 1. The van der Waals surface area contributed by atoms with Crippen molar-refractivity contribution in [2.24, 2.45) is 0 Å². The van der Waals surface area contributed by atoms with Gasteiger partial charge >= 0.3 is 51.4 Å². The zero-order valence-electron chi connectivity index (χ0n) is 7.14. The van der Waals surface area contributed by atoms with E-state index >= 15 is 0 Å². The standard InChI is InChI=1S/C3H4N2O4S2.K.H/c6-11(7,8)1-2-4-5-3(10)9-2;;/h1H2,(H,5,10)(H,6,7,8);;/q;+1;-1. The van der Waals surface area contributed by atoms with Gasteiger partial charge in [0.1, 0.15) is 0 Å². The van der Waals surface area contributed by atoms with Gasteiger partial charge in [0.05, 0.1) is 0 Å². The maximum Gasteiger partial charge on any atom is 1.00 e. The van der Waals surface area contributed by atoms with Crippen LogP contribution < -0.4 is 51.4 Å². The van der Waals surface area contributed by atoms with Crippen LogP contribution in [0.1, 0.15) is 7.32 Å². The van der Waals surface area contributed by atoms with Gasteiger partial charge in [-0.15, -0.1) is 5.10 Å². The number of nitrogens with one attached hydrogen (secondary N) is 1. The van der Waals surface area contributed by atoms with Crippen molar-refractivity contribution in [1.82, 2.24) is 10.2 Å². The molecule has 0 aliphatic rings. The van der Waals surface area contributed by atoms with E-state index in [1.54, 1.807) is 0 Å². The fourth-order valence-corrected chi connectivity index (χ4v) is 1.06. The average molecular weight is 236 g/mol. The van der Waals surface area contributed by atoms with Gasteiger partial charge < -0.3 is 5.84 Å². The van der Waals surface area contributed by atoms with Crippen molar-refractivity contribution < 1.29 is 70.2 Å². The molecule has 0 atom stereocenters. The molecule has 0 amide bonds. The Kier molecular flexibility index (Phi) is 5.33. The Labute approximate surface area is 117 Å². The van der Waals surface area contributed by atoms with Crippen LogP contribution in [0.2, 0.25) is 0 Å². The predicted octanol–water partition coefficient (Wildman–Crippen LogP) is -2.76. The normalized spacial score (nSPS) is 10.8. The van der Waals surface area contributed by atoms with E-state index in [0.29, 0.717) is 0 Å². The molecule has 0 aromatic carbocycles. The number of nitrogens with zero attached hydrogens (tertiary/aromatic N) is 1. The quantitative estimate of drug-likeness (QED) is 0.328. The third kappa shape index (κ3) is 4.82. The Morgan fingerprint density at radius 1 is 1.75 bits per heavy atom. The Morgan fingerprint density at radius 3 is 2.67 bits per heavy atom. The molecule has 9 heteroatoms. The van der Waals surface area contributed by atoms with Crippen molar-refractivity contribution in [3.63, 3.8) is 0 Å². The van der Waals surface area contributed by atoms with Gasteiger partial charge in [-0.25, -0.2) is 5.10 Å². The van der Waals surface area contributed by atoms with Crippen molar-refractivity contribution in [3.05, 3.63) is 10.7 Å². The van der Waals surface area contributed by atoms with Crippen LogP contribution in [0.3, 0.4) is 0 Å². The Morgan fingerprint density at radius 2 is 2.33 bits per heavy atom. The molecule has 0 bridgehead atoms. The number of aromatic amines is 1. The van der Waals surface area contributed by atoms with E-state index in [4.69, 9.17) is 4.55 Å². The molecular formula is C3H5KN2O4S2. The Bertz CT molecular complexity index is 398. The minimum absolute atomic E-state index is 0. The van der Waals surface area contributed by atoms with Gasteiger partial charge in [0.2, 0.25) is 5.89 Å². The predicted molar refractivity (Wildman–Crippen MR) is 38.1 cm³/mol. The largest absolute Gasteiger partial charge is 1.00 e. The van der Waals surface area contributed by atoms with E-state index in [-0.39, 0.29) is 63.5 Å². The number of rotatable bonds is 2. The molecule has 1 aromatic heterocycles. The Hall–Kier alpha value is 0.906. The molecular weight excluding hydrogens is 231 g/mol. The van der Waals surface area contributed by atoms with Crippen LogP contribution in [-0.4, -0.2) is 23.2 Å². The molecule has 1 rings (SSSR count). The summed E-state index contributed by atoms with van der Waals surface area (Å²) in [6, 6.07) is 0. The van der Waals surface area contributed by atoms with Crippen LogP contribution in [0.15, 0.2) is 4.42 Å². The molecule has 6 nitrogen and oxygen atoms in total. The first-order valence-electron chi connectivity index (χ1n) is 2.47. The van der Waals surface area contributed by atoms with Crippen LogP contribution >= 0.6 is 12.2 Å². The Balaban J connectivity index is 0. The first-order chi connectivity index (χ1) is 4.97. The summed E-state index contributed by atoms with van der Waals surface area (Å²) >= 11 is 4.46. The summed E-state index contributed by atoms with van der Waals surface area (Å²) in [5.41, 5.74) is 0. The van der Waals surface area contributed by atoms with Crippen molar-refractivity contribution in [3.8, 4) is 0 Å². The minimum atomic E-state index is -4.09. The third-order valence-corrected chi connectivity index (χ3v) is 1.57. The molecule has 0 radical (unpaired) electrons. The smallest absolute Gasteiger partial charge is 1.00 e. The minimum Gasteiger partial charge on any atom is -1.00 e. The molecule has 2 N–H and O–H groups in total. The van der Waals surface area contributed by atoms with E-state index in [2.05, 4.69) is 26.8 Å². The van der Waals surface area contributed by atoms with E-state index in [9.17, 15) is 8.42 Å². The molecule has 1 aromatic rings. The topological polar surface area (TPSA) is 96.2 Å². The summed E-state index contributed by atoms with van der Waals surface area (Å²) in [5.74, 6) is -0.822. The van der Waals surface area contributed by atoms with Crippen molar-refractivity contribution >= 4 is 22.3 Å². The first-order valence-corrected chi connectivity index (χ1v) is 4.49. The molecule has 0 spiro atoms. The van der Waals surface area contributed by atoms with Gasteiger partial charge in [-0.05, 0) is 12.2 Å². The second-order valence-electron chi connectivity index (χ2n) is 1.73. The van der Waals surface area contributed by atoms with E-state index in [1.807, 2.05) is 0 Å². The SMILES string of the molecule is O=S(=O)(O)Cc1n[nH]c(=S)o1.[H-].[K+]. The molecule has 1 heterocycles. The molecule has 0 saturated heterocycles. The van der Waals surface area contributed by atoms with Crippen LogP contribution in [0.4, 0.5) is 0 Å². The summed E-state index contributed by atoms with van der Waals surface area (Å²) in [5, 5.41) is 5.58. The summed E-state index contributed by atoms with van der Waals surface area (Å²) in [4.78, 5) is -0.0244. The van der Waals surface area contributed by atoms with Gasteiger partial charge in [-0.2, -0.15) is 8.42 Å². The summed E-state index contributed by atoms with van der Waals surface area (Å²) in [7, 11) is -4.09. The molecule has 12 heavy (non-hydrogen) atoms. The maximum absolute atomic E-state index is 10.2. The molecule has 0 aliphatic heterocycles. The second kappa shape index (κ2) is 4.95. The van der Waals surface area contributed by atoms with Crippen LogP contribution in [0.25, 0.3) is 0 Å². The van der Waals surface area contributed by atoms with Gasteiger partial charge in [0.15, 0.2) is 5.75 Å². The molecule has 0 unspecified atom stereocenters. The molecule has 0 aliphatic carbocycles. The third-order valence-electron chi connectivity index (χ3n) is 0.788. The summed E-state index contributed by atoms with van der Waals surface area (Å²) in [6.07, 6.45) is 0. The van der Waals surface area contributed by atoms with E-state index < -0.39 is 15.9 Å². The first kappa shape index (κ1) is 12.9. The molecule has 64 valence electrons. The van der Waals surface area contributed by atoms with Crippen LogP contribution in [0, 0.1) is 4.84 Å². The summed E-state index contributed by atoms with van der Waals surface area (Å²) in [6.45, 7) is 0. The van der Waals surface area contributed by atoms with Crippen LogP contribution in [-0.2, 0) is 15.9 Å². The number of hydrogen-bond donors (Lipinski definition) is 2. The monoisotopic (exact) mass is 236 g/mol. The van der Waals surface area contributed by atoms with E-state index in [1.165, 1.54) is 0 Å². The zero-order valence-corrected chi connectivity index (χ0v) is 10.9. The number of hydrogen-bond acceptors (Lipinski definition) is 5. The fourth-order valence-electron chi connectivity index (χ4n) is 0.478. The van der Waals surface area contributed by atoms with Gasteiger partial charge in [0.25, 0.3) is 15.0 Å². The van der Waals surface area contributed by atoms with Crippen molar-refractivity contribution in [1.29, 1.82) is 0 Å². The summed E-state index contributed by atoms with van der Waals surface area (Å²) < 4.78 is 33.3. The van der Waals surface area contributed by atoms with Gasteiger partial charge in [-0.3, -0.25) is 4.55 Å². The average Bonchev–Trinajstić information content (AvgIpc) is 2.10. The number of aromatic nitrogens is 2. The van der Waals surface area contributed by atoms with Gasteiger partial charge in [0, 0.05) is 0 Å². The molecule has 0 fully saturated rings. The fraction of sp³-hybridized carbons (Fsp3) is 0.333. The zero-order chi connectivity index (χ0) is 8.48. The van der Waals surface area contributed by atoms with Crippen molar-refractivity contribution in [2.75, 3.05) is 0 Å². The van der Waals surface area contributed by atoms with E-state index in [0.717, 1.165) is 0 Å². The molecule has 0 saturated carbocycles. The second-order valence-corrected chi connectivity index (χ2v) is 3.56.